The lowest BCUT2D eigenvalue weighted by atomic mass is 9.86. The van der Waals surface area contributed by atoms with Gasteiger partial charge >= 0.3 is 0 Å². The van der Waals surface area contributed by atoms with E-state index < -0.39 is 9.75 Å². The molecule has 1 aromatic rings. The van der Waals surface area contributed by atoms with E-state index in [2.05, 4.69) is 0 Å². The summed E-state index contributed by atoms with van der Waals surface area (Å²) in [5, 5.41) is 0.363. The second kappa shape index (κ2) is 4.56. The number of rotatable bonds is 2. The molecule has 0 N–H and O–H groups in total. The summed E-state index contributed by atoms with van der Waals surface area (Å²) < 4.78 is -1.49. The van der Waals surface area contributed by atoms with Crippen LogP contribution in [-0.4, -0.2) is 10.1 Å². The van der Waals surface area contributed by atoms with Crippen molar-refractivity contribution in [2.45, 2.75) is 25.1 Å². The molecular weight excluding hydrogens is 266 g/mol. The van der Waals surface area contributed by atoms with E-state index in [0.29, 0.717) is 10.6 Å². The van der Waals surface area contributed by atoms with Crippen LogP contribution in [-0.2, 0) is 0 Å². The summed E-state index contributed by atoms with van der Waals surface area (Å²) in [7, 11) is 0. The van der Waals surface area contributed by atoms with E-state index in [-0.39, 0.29) is 5.78 Å². The Bertz CT molecular complexity index is 405. The molecule has 0 saturated carbocycles. The van der Waals surface area contributed by atoms with Gasteiger partial charge in [-0.2, -0.15) is 0 Å². The Morgan fingerprint density at radius 2 is 1.62 bits per heavy atom. The summed E-state index contributed by atoms with van der Waals surface area (Å²) in [5.74, 6) is -0.367. The summed E-state index contributed by atoms with van der Waals surface area (Å²) in [6, 6.07) is 6.74. The Hall–Kier alpha value is -0.240. The first-order chi connectivity index (χ1) is 7.18. The number of Topliss-reactive ketones (excluding diaryl/α,β-unsaturated/α-hetero) is 1. The summed E-state index contributed by atoms with van der Waals surface area (Å²) in [6.45, 7) is 5.42. The van der Waals surface area contributed by atoms with Crippen molar-refractivity contribution in [2.75, 3.05) is 0 Å². The lowest BCUT2D eigenvalue weighted by Crippen LogP contribution is -2.39. The van der Waals surface area contributed by atoms with E-state index in [1.807, 2.05) is 20.8 Å². The maximum absolute atomic E-state index is 12.2. The fourth-order valence-electron chi connectivity index (χ4n) is 1.16. The zero-order valence-electron chi connectivity index (χ0n) is 9.35. The second-order valence-electron chi connectivity index (χ2n) is 4.63. The first-order valence-electron chi connectivity index (χ1n) is 4.85. The van der Waals surface area contributed by atoms with Crippen molar-refractivity contribution in [3.05, 3.63) is 34.9 Å². The average Bonchev–Trinajstić information content (AvgIpc) is 2.15. The van der Waals surface area contributed by atoms with Gasteiger partial charge in [0.1, 0.15) is 0 Å². The molecule has 0 heterocycles. The van der Waals surface area contributed by atoms with Gasteiger partial charge in [0, 0.05) is 11.0 Å². The normalized spacial score (nSPS) is 12.6. The molecular formula is C12H13Cl3O. The summed E-state index contributed by atoms with van der Waals surface area (Å²) in [4.78, 5) is 12.2. The van der Waals surface area contributed by atoms with E-state index in [1.54, 1.807) is 24.3 Å². The van der Waals surface area contributed by atoms with Crippen LogP contribution in [0, 0.1) is 5.41 Å². The zero-order valence-corrected chi connectivity index (χ0v) is 11.6. The molecule has 0 saturated heterocycles. The molecule has 1 aromatic carbocycles. The molecule has 4 heteroatoms. The minimum absolute atomic E-state index is 0.351. The van der Waals surface area contributed by atoms with Crippen LogP contribution >= 0.6 is 34.8 Å². The first-order valence-corrected chi connectivity index (χ1v) is 5.98. The van der Waals surface area contributed by atoms with Crippen LogP contribution in [0.25, 0.3) is 0 Å². The van der Waals surface area contributed by atoms with Crippen LogP contribution in [0.3, 0.4) is 0 Å². The molecule has 0 aliphatic heterocycles. The number of alkyl halides is 2. The molecule has 88 valence electrons. The van der Waals surface area contributed by atoms with Crippen molar-refractivity contribution in [1.29, 1.82) is 0 Å². The Morgan fingerprint density at radius 1 is 1.12 bits per heavy atom. The van der Waals surface area contributed by atoms with Crippen LogP contribution in [0.4, 0.5) is 0 Å². The van der Waals surface area contributed by atoms with Gasteiger partial charge in [-0.05, 0) is 12.1 Å². The number of benzene rings is 1. The van der Waals surface area contributed by atoms with E-state index in [0.717, 1.165) is 0 Å². The molecule has 0 atom stereocenters. The zero-order chi connectivity index (χ0) is 12.6. The monoisotopic (exact) mass is 278 g/mol. The number of hydrogen-bond donors (Lipinski definition) is 0. The minimum atomic E-state index is -1.49. The molecule has 0 bridgehead atoms. The summed E-state index contributed by atoms with van der Waals surface area (Å²) in [6.07, 6.45) is 0. The molecule has 0 radical (unpaired) electrons. The molecule has 0 spiro atoms. The Morgan fingerprint density at radius 3 is 2.06 bits per heavy atom. The van der Waals surface area contributed by atoms with Crippen molar-refractivity contribution in [3.8, 4) is 0 Å². The summed E-state index contributed by atoms with van der Waals surface area (Å²) >= 11 is 18.2. The van der Waals surface area contributed by atoms with Crippen LogP contribution in [0.2, 0.25) is 5.02 Å². The third-order valence-corrected chi connectivity index (χ3v) is 4.15. The highest BCUT2D eigenvalue weighted by atomic mass is 35.5. The highest BCUT2D eigenvalue weighted by molar-refractivity contribution is 6.61. The van der Waals surface area contributed by atoms with Gasteiger partial charge in [0.2, 0.25) is 5.78 Å². The number of hydrogen-bond acceptors (Lipinski definition) is 1. The minimum Gasteiger partial charge on any atom is -0.291 e. The molecule has 0 aliphatic carbocycles. The highest BCUT2D eigenvalue weighted by Crippen LogP contribution is 2.43. The molecule has 1 rings (SSSR count). The van der Waals surface area contributed by atoms with Crippen molar-refractivity contribution in [2.24, 2.45) is 5.41 Å². The van der Waals surface area contributed by atoms with Gasteiger partial charge < -0.3 is 0 Å². The van der Waals surface area contributed by atoms with Crippen LogP contribution in [0.15, 0.2) is 24.3 Å². The quantitative estimate of drug-likeness (QED) is 0.564. The third-order valence-electron chi connectivity index (χ3n) is 2.35. The lowest BCUT2D eigenvalue weighted by molar-refractivity contribution is 0.0922. The van der Waals surface area contributed by atoms with E-state index in [9.17, 15) is 4.79 Å². The fourth-order valence-corrected chi connectivity index (χ4v) is 1.58. The molecule has 1 nitrogen and oxygen atoms in total. The average molecular weight is 280 g/mol. The number of halogens is 3. The number of carbonyl (C=O) groups is 1. The van der Waals surface area contributed by atoms with Crippen LogP contribution in [0.5, 0.6) is 0 Å². The van der Waals surface area contributed by atoms with Crippen molar-refractivity contribution >= 4 is 40.6 Å². The van der Waals surface area contributed by atoms with Crippen molar-refractivity contribution < 1.29 is 4.79 Å². The predicted molar refractivity (Wildman–Crippen MR) is 69.7 cm³/mol. The molecule has 0 unspecified atom stereocenters. The topological polar surface area (TPSA) is 17.1 Å². The lowest BCUT2D eigenvalue weighted by Gasteiger charge is -2.32. The van der Waals surface area contributed by atoms with Gasteiger partial charge in [-0.25, -0.2) is 0 Å². The molecule has 0 aromatic heterocycles. The standard InChI is InChI=1S/C12H13Cl3O/c1-11(2,3)12(14,15)10(16)8-6-4-5-7-9(8)13/h4-7H,1-3H3. The van der Waals surface area contributed by atoms with Crippen LogP contribution in [0.1, 0.15) is 31.1 Å². The highest BCUT2D eigenvalue weighted by Gasteiger charge is 2.46. The predicted octanol–water partition coefficient (Wildman–Crippen LogP) is 4.74. The third kappa shape index (κ3) is 2.53. The van der Waals surface area contributed by atoms with Gasteiger partial charge in [0.25, 0.3) is 0 Å². The van der Waals surface area contributed by atoms with E-state index >= 15 is 0 Å². The van der Waals surface area contributed by atoms with Gasteiger partial charge in [0.05, 0.1) is 5.02 Å². The number of carbonyl (C=O) groups excluding carboxylic acids is 1. The van der Waals surface area contributed by atoms with E-state index in [1.165, 1.54) is 0 Å². The Labute approximate surface area is 111 Å². The first kappa shape index (κ1) is 13.8. The fraction of sp³-hybridized carbons (Fsp3) is 0.417. The van der Waals surface area contributed by atoms with Crippen molar-refractivity contribution in [1.82, 2.24) is 0 Å². The second-order valence-corrected chi connectivity index (χ2v) is 6.37. The number of ketones is 1. The maximum Gasteiger partial charge on any atom is 0.200 e. The molecule has 0 fully saturated rings. The largest absolute Gasteiger partial charge is 0.291 e. The molecule has 16 heavy (non-hydrogen) atoms. The van der Waals surface area contributed by atoms with E-state index in [4.69, 9.17) is 34.8 Å². The van der Waals surface area contributed by atoms with Gasteiger partial charge in [-0.15, -0.1) is 0 Å². The molecule has 0 aliphatic rings. The SMILES string of the molecule is CC(C)(C)C(Cl)(Cl)C(=O)c1ccccc1Cl. The van der Waals surface area contributed by atoms with Crippen LogP contribution < -0.4 is 0 Å². The van der Waals surface area contributed by atoms with Gasteiger partial charge in [-0.3, -0.25) is 4.79 Å². The van der Waals surface area contributed by atoms with Crippen molar-refractivity contribution in [3.63, 3.8) is 0 Å². The van der Waals surface area contributed by atoms with Gasteiger partial charge in [-0.1, -0.05) is 67.7 Å². The molecule has 0 amide bonds. The van der Waals surface area contributed by atoms with Gasteiger partial charge in [0.15, 0.2) is 4.33 Å². The summed E-state index contributed by atoms with van der Waals surface area (Å²) in [5.41, 5.74) is -0.212. The Balaban J connectivity index is 3.18. The Kier molecular flexibility index (Phi) is 3.94. The smallest absolute Gasteiger partial charge is 0.200 e. The maximum atomic E-state index is 12.2.